The minimum absolute atomic E-state index is 0.136. The lowest BCUT2D eigenvalue weighted by Crippen LogP contribution is -2.42. The molecule has 2 unspecified atom stereocenters. The Morgan fingerprint density at radius 3 is 2.92 bits per heavy atom. The van der Waals surface area contributed by atoms with E-state index in [1.165, 1.54) is 0 Å². The van der Waals surface area contributed by atoms with Gasteiger partial charge in [-0.05, 0) is 43.9 Å². The third-order valence-corrected chi connectivity index (χ3v) is 5.28. The standard InChI is InChI=1S/C19H25ClN4O/c1-14(15-6-5-7-16(20)10-15)23(2)18-11-19(22-13-21-18)24-9-4-3-8-17(24)12-25/h5-7,10-11,13-14,17,25H,3-4,8-9,12H2,1-2H3. The van der Waals surface area contributed by atoms with Crippen LogP contribution in [0.3, 0.4) is 0 Å². The van der Waals surface area contributed by atoms with E-state index < -0.39 is 0 Å². The highest BCUT2D eigenvalue weighted by Crippen LogP contribution is 2.29. The first-order valence-electron chi connectivity index (χ1n) is 8.78. The largest absolute Gasteiger partial charge is 0.394 e. The molecule has 1 aliphatic heterocycles. The van der Waals surface area contributed by atoms with Crippen molar-refractivity contribution in [3.05, 3.63) is 47.2 Å². The zero-order chi connectivity index (χ0) is 17.8. The third kappa shape index (κ3) is 4.05. The number of benzene rings is 1. The van der Waals surface area contributed by atoms with Crippen LogP contribution in [0.15, 0.2) is 36.7 Å². The van der Waals surface area contributed by atoms with Crippen molar-refractivity contribution in [3.63, 3.8) is 0 Å². The van der Waals surface area contributed by atoms with Crippen molar-refractivity contribution >= 4 is 23.2 Å². The van der Waals surface area contributed by atoms with Crippen LogP contribution in [0, 0.1) is 0 Å². The van der Waals surface area contributed by atoms with Crippen molar-refractivity contribution in [2.75, 3.05) is 30.0 Å². The highest BCUT2D eigenvalue weighted by Gasteiger charge is 2.24. The maximum Gasteiger partial charge on any atom is 0.134 e. The quantitative estimate of drug-likeness (QED) is 0.881. The van der Waals surface area contributed by atoms with Gasteiger partial charge in [0.05, 0.1) is 18.7 Å². The zero-order valence-corrected chi connectivity index (χ0v) is 15.5. The molecule has 1 fully saturated rings. The first-order chi connectivity index (χ1) is 12.1. The molecule has 5 nitrogen and oxygen atoms in total. The molecular weight excluding hydrogens is 336 g/mol. The molecule has 1 aromatic carbocycles. The first-order valence-corrected chi connectivity index (χ1v) is 9.16. The SMILES string of the molecule is CC(c1cccc(Cl)c1)N(C)c1cc(N2CCCCC2CO)ncn1. The summed E-state index contributed by atoms with van der Waals surface area (Å²) in [7, 11) is 2.03. The van der Waals surface area contributed by atoms with E-state index in [4.69, 9.17) is 11.6 Å². The lowest BCUT2D eigenvalue weighted by Gasteiger charge is -2.36. The molecule has 1 aliphatic rings. The number of hydrogen-bond donors (Lipinski definition) is 1. The predicted molar refractivity (Wildman–Crippen MR) is 102 cm³/mol. The molecule has 0 aliphatic carbocycles. The van der Waals surface area contributed by atoms with Gasteiger partial charge in [-0.15, -0.1) is 0 Å². The molecule has 0 bridgehead atoms. The number of piperidine rings is 1. The van der Waals surface area contributed by atoms with Crippen LogP contribution >= 0.6 is 11.6 Å². The van der Waals surface area contributed by atoms with Crippen molar-refractivity contribution in [2.45, 2.75) is 38.3 Å². The molecule has 0 amide bonds. The van der Waals surface area contributed by atoms with Gasteiger partial charge in [0.2, 0.25) is 0 Å². The van der Waals surface area contributed by atoms with Crippen LogP contribution < -0.4 is 9.80 Å². The fraction of sp³-hybridized carbons (Fsp3) is 0.474. The molecule has 3 rings (SSSR count). The fourth-order valence-electron chi connectivity index (χ4n) is 3.37. The van der Waals surface area contributed by atoms with Crippen LogP contribution in [0.4, 0.5) is 11.6 Å². The Morgan fingerprint density at radius 1 is 1.32 bits per heavy atom. The van der Waals surface area contributed by atoms with Gasteiger partial charge >= 0.3 is 0 Å². The summed E-state index contributed by atoms with van der Waals surface area (Å²) in [5, 5.41) is 10.4. The molecule has 1 aromatic heterocycles. The van der Waals surface area contributed by atoms with E-state index in [0.717, 1.165) is 48.0 Å². The molecule has 1 saturated heterocycles. The van der Waals surface area contributed by atoms with Gasteiger partial charge in [-0.1, -0.05) is 23.7 Å². The second-order valence-electron chi connectivity index (χ2n) is 6.60. The van der Waals surface area contributed by atoms with E-state index >= 15 is 0 Å². The Labute approximate surface area is 154 Å². The number of aromatic nitrogens is 2. The van der Waals surface area contributed by atoms with E-state index in [2.05, 4.69) is 32.8 Å². The fourth-order valence-corrected chi connectivity index (χ4v) is 3.57. The molecule has 2 atom stereocenters. The summed E-state index contributed by atoms with van der Waals surface area (Å²) in [6, 6.07) is 10.2. The van der Waals surface area contributed by atoms with Crippen LogP contribution in [0.5, 0.6) is 0 Å². The molecule has 1 N–H and O–H groups in total. The van der Waals surface area contributed by atoms with Gasteiger partial charge in [0, 0.05) is 24.7 Å². The number of hydrogen-bond acceptors (Lipinski definition) is 5. The average Bonchev–Trinajstić information content (AvgIpc) is 2.67. The van der Waals surface area contributed by atoms with Crippen molar-refractivity contribution in [2.24, 2.45) is 0 Å². The van der Waals surface area contributed by atoms with Crippen LogP contribution in [0.1, 0.15) is 37.8 Å². The van der Waals surface area contributed by atoms with Crippen molar-refractivity contribution in [1.82, 2.24) is 9.97 Å². The van der Waals surface area contributed by atoms with E-state index in [1.54, 1.807) is 6.33 Å². The van der Waals surface area contributed by atoms with E-state index in [9.17, 15) is 5.11 Å². The Kier molecular flexibility index (Phi) is 5.76. The van der Waals surface area contributed by atoms with Crippen LogP contribution in [0.25, 0.3) is 0 Å². The predicted octanol–water partition coefficient (Wildman–Crippen LogP) is 3.68. The van der Waals surface area contributed by atoms with Gasteiger partial charge in [0.15, 0.2) is 0 Å². The molecule has 6 heteroatoms. The summed E-state index contributed by atoms with van der Waals surface area (Å²) in [6.07, 6.45) is 4.90. The highest BCUT2D eigenvalue weighted by atomic mass is 35.5. The minimum Gasteiger partial charge on any atom is -0.394 e. The third-order valence-electron chi connectivity index (χ3n) is 5.04. The molecule has 2 aromatic rings. The Morgan fingerprint density at radius 2 is 2.16 bits per heavy atom. The average molecular weight is 361 g/mol. The van der Waals surface area contributed by atoms with Crippen molar-refractivity contribution in [3.8, 4) is 0 Å². The van der Waals surface area contributed by atoms with E-state index in [0.29, 0.717) is 0 Å². The number of halogens is 1. The van der Waals surface area contributed by atoms with Crippen molar-refractivity contribution in [1.29, 1.82) is 0 Å². The normalized spacial score (nSPS) is 18.9. The van der Waals surface area contributed by atoms with Crippen molar-refractivity contribution < 1.29 is 5.11 Å². The minimum atomic E-state index is 0.136. The van der Waals surface area contributed by atoms with Gasteiger partial charge in [-0.25, -0.2) is 9.97 Å². The lowest BCUT2D eigenvalue weighted by atomic mass is 10.0. The van der Waals surface area contributed by atoms with Crippen LogP contribution in [-0.2, 0) is 0 Å². The second-order valence-corrected chi connectivity index (χ2v) is 7.04. The summed E-state index contributed by atoms with van der Waals surface area (Å²) in [5.41, 5.74) is 1.14. The molecule has 25 heavy (non-hydrogen) atoms. The summed E-state index contributed by atoms with van der Waals surface area (Å²) in [4.78, 5) is 13.2. The van der Waals surface area contributed by atoms with Gasteiger partial charge in [-0.2, -0.15) is 0 Å². The molecule has 2 heterocycles. The Balaban J connectivity index is 1.82. The molecule has 134 valence electrons. The smallest absolute Gasteiger partial charge is 0.134 e. The van der Waals surface area contributed by atoms with Gasteiger partial charge in [0.1, 0.15) is 18.0 Å². The molecule has 0 radical (unpaired) electrons. The Bertz CT molecular complexity index is 711. The summed E-state index contributed by atoms with van der Waals surface area (Å²) in [5.74, 6) is 1.74. The van der Waals surface area contributed by atoms with Crippen LogP contribution in [-0.4, -0.2) is 41.3 Å². The van der Waals surface area contributed by atoms with Gasteiger partial charge in [-0.3, -0.25) is 0 Å². The highest BCUT2D eigenvalue weighted by molar-refractivity contribution is 6.30. The summed E-state index contributed by atoms with van der Waals surface area (Å²) in [6.45, 7) is 3.22. The monoisotopic (exact) mass is 360 g/mol. The zero-order valence-electron chi connectivity index (χ0n) is 14.8. The number of rotatable bonds is 5. The van der Waals surface area contributed by atoms with E-state index in [-0.39, 0.29) is 18.7 Å². The van der Waals surface area contributed by atoms with E-state index in [1.807, 2.05) is 31.3 Å². The number of aliphatic hydroxyl groups excluding tert-OH is 1. The summed E-state index contributed by atoms with van der Waals surface area (Å²) < 4.78 is 0. The number of nitrogens with zero attached hydrogens (tertiary/aromatic N) is 4. The lowest BCUT2D eigenvalue weighted by molar-refractivity contribution is 0.239. The summed E-state index contributed by atoms with van der Waals surface area (Å²) >= 11 is 6.12. The number of aliphatic hydroxyl groups is 1. The van der Waals surface area contributed by atoms with Gasteiger partial charge < -0.3 is 14.9 Å². The molecule has 0 saturated carbocycles. The Hall–Kier alpha value is -1.85. The topological polar surface area (TPSA) is 52.5 Å². The maximum atomic E-state index is 9.66. The second kappa shape index (κ2) is 8.02. The van der Waals surface area contributed by atoms with Gasteiger partial charge in [0.25, 0.3) is 0 Å². The van der Waals surface area contributed by atoms with Crippen LogP contribution in [0.2, 0.25) is 5.02 Å². The molecule has 0 spiro atoms. The number of anilines is 2. The molecular formula is C19H25ClN4O. The first kappa shape index (κ1) is 18.0. The maximum absolute atomic E-state index is 9.66.